The molecule has 29 heavy (non-hydrogen) atoms. The van der Waals surface area contributed by atoms with Crippen molar-refractivity contribution in [2.75, 3.05) is 5.32 Å². The maximum atomic E-state index is 12.7. The smallest absolute Gasteiger partial charge is 0.266 e. The van der Waals surface area contributed by atoms with Gasteiger partial charge in [-0.05, 0) is 64.3 Å². The highest BCUT2D eigenvalue weighted by molar-refractivity contribution is 5.91. The first-order valence-electron chi connectivity index (χ1n) is 9.53. The SMILES string of the molecule is Cc1[nH]c(=O)c(C#N)c(C)c1CCC(=O)Nc1nc2ccccc2n1C(C)(C)C. The van der Waals surface area contributed by atoms with E-state index in [9.17, 15) is 14.9 Å². The third-order valence-electron chi connectivity index (χ3n) is 5.01. The van der Waals surface area contributed by atoms with Gasteiger partial charge in [-0.1, -0.05) is 12.1 Å². The predicted octanol–water partition coefficient (Wildman–Crippen LogP) is 3.54. The minimum atomic E-state index is -0.394. The predicted molar refractivity (Wildman–Crippen MR) is 113 cm³/mol. The highest BCUT2D eigenvalue weighted by Crippen LogP contribution is 2.28. The second kappa shape index (κ2) is 7.55. The first-order valence-corrected chi connectivity index (χ1v) is 9.53. The highest BCUT2D eigenvalue weighted by Gasteiger charge is 2.22. The molecule has 2 heterocycles. The molecule has 150 valence electrons. The van der Waals surface area contributed by atoms with Crippen molar-refractivity contribution >= 4 is 22.9 Å². The molecule has 0 aliphatic carbocycles. The van der Waals surface area contributed by atoms with Gasteiger partial charge < -0.3 is 9.55 Å². The van der Waals surface area contributed by atoms with Gasteiger partial charge in [0.2, 0.25) is 11.9 Å². The molecular weight excluding hydrogens is 366 g/mol. The Labute approximate surface area is 169 Å². The van der Waals surface area contributed by atoms with E-state index in [1.165, 1.54) is 0 Å². The number of imidazole rings is 1. The van der Waals surface area contributed by atoms with Gasteiger partial charge in [0.25, 0.3) is 5.56 Å². The van der Waals surface area contributed by atoms with Crippen molar-refractivity contribution in [3.8, 4) is 6.07 Å². The van der Waals surface area contributed by atoms with Crippen LogP contribution in [0.4, 0.5) is 5.95 Å². The number of benzene rings is 1. The van der Waals surface area contributed by atoms with Crippen LogP contribution < -0.4 is 10.9 Å². The number of nitrogens with one attached hydrogen (secondary N) is 2. The Kier molecular flexibility index (Phi) is 5.29. The average Bonchev–Trinajstić information content (AvgIpc) is 2.99. The summed E-state index contributed by atoms with van der Waals surface area (Å²) in [6, 6.07) is 9.72. The molecule has 0 unspecified atom stereocenters. The standard InChI is InChI=1S/C22H25N5O2/c1-13-15(14(2)24-20(29)16(13)12-23)10-11-19(28)26-21-25-17-8-6-7-9-18(17)27(21)22(3,4)5/h6-9H,10-11H2,1-5H3,(H,24,29)(H,25,26,28). The Morgan fingerprint density at radius 1 is 1.28 bits per heavy atom. The molecule has 0 saturated carbocycles. The number of pyridine rings is 1. The number of hydrogen-bond acceptors (Lipinski definition) is 4. The minimum Gasteiger partial charge on any atom is -0.325 e. The molecule has 0 radical (unpaired) electrons. The molecule has 7 heteroatoms. The number of carbonyl (C=O) groups is 1. The zero-order chi connectivity index (χ0) is 21.3. The van der Waals surface area contributed by atoms with Crippen LogP contribution in [0.2, 0.25) is 0 Å². The van der Waals surface area contributed by atoms with Gasteiger partial charge in [-0.15, -0.1) is 0 Å². The summed E-state index contributed by atoms with van der Waals surface area (Å²) < 4.78 is 2.02. The van der Waals surface area contributed by atoms with Gasteiger partial charge in [-0.2, -0.15) is 5.26 Å². The van der Waals surface area contributed by atoms with Gasteiger partial charge in [-0.25, -0.2) is 4.98 Å². The van der Waals surface area contributed by atoms with Gasteiger partial charge in [0.05, 0.1) is 11.0 Å². The summed E-state index contributed by atoms with van der Waals surface area (Å²) in [6.45, 7) is 9.71. The van der Waals surface area contributed by atoms with Crippen LogP contribution in [0.1, 0.15) is 49.6 Å². The number of aromatic amines is 1. The van der Waals surface area contributed by atoms with Crippen LogP contribution in [0, 0.1) is 25.2 Å². The van der Waals surface area contributed by atoms with Crippen LogP contribution in [0.15, 0.2) is 29.1 Å². The summed E-state index contributed by atoms with van der Waals surface area (Å²) in [7, 11) is 0. The van der Waals surface area contributed by atoms with Gasteiger partial charge >= 0.3 is 0 Å². The molecule has 0 aliphatic rings. The Morgan fingerprint density at radius 2 is 1.97 bits per heavy atom. The zero-order valence-corrected chi connectivity index (χ0v) is 17.4. The molecule has 7 nitrogen and oxygen atoms in total. The number of rotatable bonds is 4. The number of aromatic nitrogens is 3. The highest BCUT2D eigenvalue weighted by atomic mass is 16.1. The van der Waals surface area contributed by atoms with Gasteiger partial charge in [0, 0.05) is 17.7 Å². The lowest BCUT2D eigenvalue weighted by atomic mass is 9.99. The number of aryl methyl sites for hydroxylation is 1. The van der Waals surface area contributed by atoms with Crippen molar-refractivity contribution in [1.82, 2.24) is 14.5 Å². The van der Waals surface area contributed by atoms with E-state index in [2.05, 4.69) is 36.1 Å². The Morgan fingerprint density at radius 3 is 2.62 bits per heavy atom. The lowest BCUT2D eigenvalue weighted by Crippen LogP contribution is -2.26. The number of nitriles is 1. The fourth-order valence-electron chi connectivity index (χ4n) is 3.63. The molecule has 0 aliphatic heterocycles. The van der Waals surface area contributed by atoms with Crippen LogP contribution in [0.5, 0.6) is 0 Å². The largest absolute Gasteiger partial charge is 0.325 e. The van der Waals surface area contributed by atoms with E-state index < -0.39 is 5.56 Å². The first kappa shape index (κ1) is 20.3. The van der Waals surface area contributed by atoms with E-state index in [1.54, 1.807) is 13.8 Å². The number of nitrogens with zero attached hydrogens (tertiary/aromatic N) is 3. The molecule has 2 aromatic heterocycles. The molecule has 3 rings (SSSR count). The van der Waals surface area contributed by atoms with Crippen molar-refractivity contribution < 1.29 is 4.79 Å². The molecule has 0 atom stereocenters. The number of amides is 1. The lowest BCUT2D eigenvalue weighted by molar-refractivity contribution is -0.116. The number of H-pyrrole nitrogens is 1. The first-order chi connectivity index (χ1) is 13.6. The summed E-state index contributed by atoms with van der Waals surface area (Å²) in [5, 5.41) is 12.1. The fraction of sp³-hybridized carbons (Fsp3) is 0.364. The number of anilines is 1. The Balaban J connectivity index is 1.85. The van der Waals surface area contributed by atoms with E-state index >= 15 is 0 Å². The fourth-order valence-corrected chi connectivity index (χ4v) is 3.63. The van der Waals surface area contributed by atoms with Crippen molar-refractivity contribution in [2.45, 2.75) is 53.0 Å². The molecule has 1 aromatic carbocycles. The van der Waals surface area contributed by atoms with E-state index in [-0.39, 0.29) is 23.4 Å². The van der Waals surface area contributed by atoms with Crippen LogP contribution >= 0.6 is 0 Å². The van der Waals surface area contributed by atoms with E-state index in [1.807, 2.05) is 34.9 Å². The lowest BCUT2D eigenvalue weighted by Gasteiger charge is -2.24. The molecule has 1 amide bonds. The summed E-state index contributed by atoms with van der Waals surface area (Å²) in [4.78, 5) is 31.8. The normalized spacial score (nSPS) is 11.4. The topological polar surface area (TPSA) is 104 Å². The van der Waals surface area contributed by atoms with Crippen LogP contribution in [0.25, 0.3) is 11.0 Å². The third-order valence-corrected chi connectivity index (χ3v) is 5.01. The third kappa shape index (κ3) is 3.92. The summed E-state index contributed by atoms with van der Waals surface area (Å²) >= 11 is 0. The van der Waals surface area contributed by atoms with Crippen LogP contribution in [0.3, 0.4) is 0 Å². The van der Waals surface area contributed by atoms with Crippen LogP contribution in [-0.2, 0) is 16.8 Å². The summed E-state index contributed by atoms with van der Waals surface area (Å²) in [6.07, 6.45) is 0.636. The maximum absolute atomic E-state index is 12.7. The van der Waals surface area contributed by atoms with E-state index in [0.717, 1.165) is 16.6 Å². The maximum Gasteiger partial charge on any atom is 0.266 e. The van der Waals surface area contributed by atoms with Gasteiger partial charge in [0.15, 0.2) is 0 Å². The number of fused-ring (bicyclic) bond motifs is 1. The average molecular weight is 391 g/mol. The molecule has 2 N–H and O–H groups in total. The van der Waals surface area contributed by atoms with Crippen molar-refractivity contribution in [3.05, 3.63) is 57.0 Å². The number of para-hydroxylation sites is 2. The monoisotopic (exact) mass is 391 g/mol. The zero-order valence-electron chi connectivity index (χ0n) is 17.4. The van der Waals surface area contributed by atoms with Gasteiger partial charge in [0.1, 0.15) is 11.6 Å². The van der Waals surface area contributed by atoms with Gasteiger partial charge in [-0.3, -0.25) is 14.9 Å². The molecule has 0 spiro atoms. The molecule has 0 fully saturated rings. The van der Waals surface area contributed by atoms with Crippen molar-refractivity contribution in [2.24, 2.45) is 0 Å². The Hall–Kier alpha value is -3.40. The molecule has 0 saturated heterocycles. The quantitative estimate of drug-likeness (QED) is 0.710. The van der Waals surface area contributed by atoms with Crippen LogP contribution in [-0.4, -0.2) is 20.4 Å². The number of hydrogen-bond donors (Lipinski definition) is 2. The second-order valence-corrected chi connectivity index (χ2v) is 8.15. The summed E-state index contributed by atoms with van der Waals surface area (Å²) in [5.41, 5.74) is 3.36. The van der Waals surface area contributed by atoms with E-state index in [4.69, 9.17) is 0 Å². The van der Waals surface area contributed by atoms with Crippen molar-refractivity contribution in [3.63, 3.8) is 0 Å². The molecule has 3 aromatic rings. The van der Waals surface area contributed by atoms with Crippen molar-refractivity contribution in [1.29, 1.82) is 5.26 Å². The van der Waals surface area contributed by atoms with E-state index in [0.29, 0.717) is 23.6 Å². The Bertz CT molecular complexity index is 1190. The summed E-state index contributed by atoms with van der Waals surface area (Å²) in [5.74, 6) is 0.339. The molecular formula is C22H25N5O2. The second-order valence-electron chi connectivity index (χ2n) is 8.15. The number of carbonyl (C=O) groups excluding carboxylic acids is 1. The molecule has 0 bridgehead atoms. The minimum absolute atomic E-state index is 0.0977.